The molecule has 2 nitrogen and oxygen atoms in total. The number of hydrogen-bond donors (Lipinski definition) is 0. The maximum Gasteiger partial charge on any atom is 0.309 e. The molecule has 0 amide bonds. The molecule has 0 aliphatic carbocycles. The molecule has 3 heteroatoms. The van der Waals surface area contributed by atoms with Gasteiger partial charge in [0.1, 0.15) is 0 Å². The first-order chi connectivity index (χ1) is 5.43. The predicted molar refractivity (Wildman–Crippen MR) is 53.4 cm³/mol. The van der Waals surface area contributed by atoms with Crippen molar-refractivity contribution in [2.75, 3.05) is 12.4 Å². The van der Waals surface area contributed by atoms with Gasteiger partial charge in [-0.2, -0.15) is 0 Å². The van der Waals surface area contributed by atoms with Crippen LogP contribution in [-0.4, -0.2) is 18.4 Å². The molecule has 0 N–H and O–H groups in total. The van der Waals surface area contributed by atoms with E-state index in [1.54, 1.807) is 0 Å². The summed E-state index contributed by atoms with van der Waals surface area (Å²) in [5.41, 5.74) is -0.0130. The molecule has 0 aliphatic heterocycles. The minimum absolute atomic E-state index is 0.0122. The molecule has 0 fully saturated rings. The number of hydrogen-bond acceptors (Lipinski definition) is 2. The van der Waals surface area contributed by atoms with Gasteiger partial charge in [-0.3, -0.25) is 4.79 Å². The van der Waals surface area contributed by atoms with Gasteiger partial charge in [0, 0.05) is 5.33 Å². The fraction of sp³-hybridized carbons (Fsp3) is 0.889. The summed E-state index contributed by atoms with van der Waals surface area (Å²) in [4.78, 5) is 11.3. The van der Waals surface area contributed by atoms with E-state index < -0.39 is 0 Å². The van der Waals surface area contributed by atoms with E-state index in [2.05, 4.69) is 36.7 Å². The number of methoxy groups -OCH3 is 1. The largest absolute Gasteiger partial charge is 0.469 e. The van der Waals surface area contributed by atoms with Crippen LogP contribution in [0.4, 0.5) is 0 Å². The number of halogens is 1. The van der Waals surface area contributed by atoms with Crippen LogP contribution in [0.5, 0.6) is 0 Å². The van der Waals surface area contributed by atoms with Crippen molar-refractivity contribution in [2.24, 2.45) is 11.3 Å². The van der Waals surface area contributed by atoms with E-state index in [0.29, 0.717) is 0 Å². The summed E-state index contributed by atoms with van der Waals surface area (Å²) in [5.74, 6) is -0.121. The first-order valence-corrected chi connectivity index (χ1v) is 5.19. The van der Waals surface area contributed by atoms with Crippen LogP contribution >= 0.6 is 15.9 Å². The fourth-order valence-corrected chi connectivity index (χ4v) is 1.61. The number of carbonyl (C=O) groups excluding carboxylic acids is 1. The highest BCUT2D eigenvalue weighted by atomic mass is 79.9. The summed E-state index contributed by atoms with van der Waals surface area (Å²) in [7, 11) is 1.44. The zero-order chi connectivity index (χ0) is 9.78. The molecule has 12 heavy (non-hydrogen) atoms. The molecular weight excluding hydrogens is 220 g/mol. The molecule has 1 unspecified atom stereocenters. The Labute approximate surface area is 82.8 Å². The zero-order valence-electron chi connectivity index (χ0n) is 8.19. The van der Waals surface area contributed by atoms with E-state index in [4.69, 9.17) is 4.74 Å². The molecule has 0 bridgehead atoms. The molecule has 0 radical (unpaired) electrons. The summed E-state index contributed by atoms with van der Waals surface area (Å²) < 4.78 is 4.73. The first-order valence-electron chi connectivity index (χ1n) is 4.07. The van der Waals surface area contributed by atoms with Crippen LogP contribution in [-0.2, 0) is 9.53 Å². The topological polar surface area (TPSA) is 26.3 Å². The average Bonchev–Trinajstić information content (AvgIpc) is 1.96. The maximum atomic E-state index is 11.3. The van der Waals surface area contributed by atoms with Crippen LogP contribution in [0.3, 0.4) is 0 Å². The second kappa shape index (κ2) is 4.85. The van der Waals surface area contributed by atoms with Crippen LogP contribution in [0.2, 0.25) is 0 Å². The number of esters is 1. The Morgan fingerprint density at radius 1 is 1.50 bits per heavy atom. The molecule has 72 valence electrons. The summed E-state index contributed by atoms with van der Waals surface area (Å²) in [6.07, 6.45) is 0.830. The van der Waals surface area contributed by atoms with Crippen molar-refractivity contribution in [1.82, 2.24) is 0 Å². The summed E-state index contributed by atoms with van der Waals surface area (Å²) in [6, 6.07) is 0. The van der Waals surface area contributed by atoms with Crippen LogP contribution in [0.25, 0.3) is 0 Å². The van der Waals surface area contributed by atoms with Gasteiger partial charge in [0.05, 0.1) is 13.0 Å². The van der Waals surface area contributed by atoms with Crippen molar-refractivity contribution in [3.8, 4) is 0 Å². The van der Waals surface area contributed by atoms with E-state index in [9.17, 15) is 4.79 Å². The number of alkyl halides is 1. The smallest absolute Gasteiger partial charge is 0.309 e. The third-order valence-electron chi connectivity index (χ3n) is 1.93. The van der Waals surface area contributed by atoms with Gasteiger partial charge in [0.25, 0.3) is 0 Å². The summed E-state index contributed by atoms with van der Waals surface area (Å²) in [6.45, 7) is 6.16. The van der Waals surface area contributed by atoms with E-state index in [-0.39, 0.29) is 17.3 Å². The minimum atomic E-state index is -0.109. The van der Waals surface area contributed by atoms with Gasteiger partial charge < -0.3 is 4.74 Å². The van der Waals surface area contributed by atoms with E-state index >= 15 is 0 Å². The van der Waals surface area contributed by atoms with E-state index in [0.717, 1.165) is 11.8 Å². The van der Waals surface area contributed by atoms with Crippen LogP contribution in [0.1, 0.15) is 27.2 Å². The van der Waals surface area contributed by atoms with Gasteiger partial charge in [-0.25, -0.2) is 0 Å². The quantitative estimate of drug-likeness (QED) is 0.557. The average molecular weight is 237 g/mol. The van der Waals surface area contributed by atoms with Crippen LogP contribution in [0.15, 0.2) is 0 Å². The number of carbonyl (C=O) groups is 1. The second-order valence-corrected chi connectivity index (χ2v) is 4.71. The highest BCUT2D eigenvalue weighted by Gasteiger charge is 2.31. The molecule has 0 saturated carbocycles. The minimum Gasteiger partial charge on any atom is -0.469 e. The van der Waals surface area contributed by atoms with Crippen molar-refractivity contribution in [1.29, 1.82) is 0 Å². The Kier molecular flexibility index (Phi) is 4.83. The number of ether oxygens (including phenoxy) is 1. The van der Waals surface area contributed by atoms with E-state index in [1.807, 2.05) is 0 Å². The molecule has 0 aliphatic rings. The van der Waals surface area contributed by atoms with Crippen LogP contribution in [0, 0.1) is 11.3 Å². The van der Waals surface area contributed by atoms with E-state index in [1.165, 1.54) is 7.11 Å². The SMILES string of the molecule is COC(=O)C(CCBr)C(C)(C)C. The van der Waals surface area contributed by atoms with Crippen molar-refractivity contribution in [3.05, 3.63) is 0 Å². The second-order valence-electron chi connectivity index (χ2n) is 3.92. The number of rotatable bonds is 3. The zero-order valence-corrected chi connectivity index (χ0v) is 9.77. The third-order valence-corrected chi connectivity index (χ3v) is 2.39. The fourth-order valence-electron chi connectivity index (χ4n) is 1.16. The van der Waals surface area contributed by atoms with Gasteiger partial charge in [-0.1, -0.05) is 36.7 Å². The predicted octanol–water partition coefficient (Wildman–Crippen LogP) is 2.61. The van der Waals surface area contributed by atoms with Crippen molar-refractivity contribution in [2.45, 2.75) is 27.2 Å². The Morgan fingerprint density at radius 2 is 2.00 bits per heavy atom. The highest BCUT2D eigenvalue weighted by molar-refractivity contribution is 9.09. The Hall–Kier alpha value is -0.0500. The normalized spacial score (nSPS) is 14.1. The van der Waals surface area contributed by atoms with Gasteiger partial charge in [-0.15, -0.1) is 0 Å². The lowest BCUT2D eigenvalue weighted by Gasteiger charge is -2.27. The Bertz CT molecular complexity index is 149. The molecule has 0 aromatic heterocycles. The van der Waals surface area contributed by atoms with Gasteiger partial charge in [0.2, 0.25) is 0 Å². The molecule has 0 heterocycles. The van der Waals surface area contributed by atoms with Gasteiger partial charge in [0.15, 0.2) is 0 Å². The van der Waals surface area contributed by atoms with Crippen molar-refractivity contribution >= 4 is 21.9 Å². The summed E-state index contributed by atoms with van der Waals surface area (Å²) in [5, 5.41) is 0.837. The molecule has 0 aromatic carbocycles. The van der Waals surface area contributed by atoms with Crippen molar-refractivity contribution < 1.29 is 9.53 Å². The molecule has 1 atom stereocenters. The van der Waals surface area contributed by atoms with Crippen molar-refractivity contribution in [3.63, 3.8) is 0 Å². The molecule has 0 spiro atoms. The highest BCUT2D eigenvalue weighted by Crippen LogP contribution is 2.30. The monoisotopic (exact) mass is 236 g/mol. The Balaban J connectivity index is 4.33. The lowest BCUT2D eigenvalue weighted by molar-refractivity contribution is -0.149. The lowest BCUT2D eigenvalue weighted by atomic mass is 9.79. The molecule has 0 aromatic rings. The molecule has 0 saturated heterocycles. The van der Waals surface area contributed by atoms with Gasteiger partial charge >= 0.3 is 5.97 Å². The van der Waals surface area contributed by atoms with Gasteiger partial charge in [-0.05, 0) is 11.8 Å². The maximum absolute atomic E-state index is 11.3. The standard InChI is InChI=1S/C9H17BrO2/c1-9(2,3)7(5-6-10)8(11)12-4/h7H,5-6H2,1-4H3. The Morgan fingerprint density at radius 3 is 2.25 bits per heavy atom. The molecular formula is C9H17BrO2. The first kappa shape index (κ1) is 11.9. The summed E-state index contributed by atoms with van der Waals surface area (Å²) >= 11 is 3.33. The molecule has 0 rings (SSSR count). The van der Waals surface area contributed by atoms with Crippen LogP contribution < -0.4 is 0 Å². The third kappa shape index (κ3) is 3.57. The lowest BCUT2D eigenvalue weighted by Crippen LogP contribution is -2.29.